The Morgan fingerprint density at radius 2 is 0.838 bits per heavy atom. The quantitative estimate of drug-likeness (QED) is 0.248. The van der Waals surface area contributed by atoms with Crippen LogP contribution in [-0.4, -0.2) is 93.8 Å². The van der Waals surface area contributed by atoms with E-state index in [2.05, 4.69) is 0 Å². The van der Waals surface area contributed by atoms with Crippen LogP contribution in [0.2, 0.25) is 0 Å². The highest BCUT2D eigenvalue weighted by molar-refractivity contribution is 5.79. The molecule has 0 amide bonds. The number of rotatable bonds is 14. The molecule has 0 saturated heterocycles. The maximum absolute atomic E-state index is 10.4. The van der Waals surface area contributed by atoms with Gasteiger partial charge in [-0.1, -0.05) is 0 Å². The number of hydrogen-bond donors (Lipinski definition) is 4. The third kappa shape index (κ3) is 44.6. The van der Waals surface area contributed by atoms with E-state index in [1.54, 1.807) is 20.8 Å². The van der Waals surface area contributed by atoms with Gasteiger partial charge in [0.15, 0.2) is 6.10 Å². The maximum atomic E-state index is 10.4. The minimum Gasteiger partial charge on any atom is -0.481 e. The van der Waals surface area contributed by atoms with Crippen molar-refractivity contribution >= 4 is 17.9 Å². The number of carboxylic acids is 3. The van der Waals surface area contributed by atoms with Crippen molar-refractivity contribution in [2.45, 2.75) is 145 Å². The molecule has 0 aromatic carbocycles. The average molecular weight is 543 g/mol. The van der Waals surface area contributed by atoms with Gasteiger partial charge in [-0.15, -0.1) is 0 Å². The lowest BCUT2D eigenvalue weighted by atomic mass is 10.2. The molecule has 3 atom stereocenters. The van der Waals surface area contributed by atoms with Gasteiger partial charge in [0.2, 0.25) is 0 Å². The Kier molecular flexibility index (Phi) is 29.5. The third-order valence-electron chi connectivity index (χ3n) is 3.34. The van der Waals surface area contributed by atoms with E-state index in [0.29, 0.717) is 12.2 Å². The zero-order valence-electron chi connectivity index (χ0n) is 24.9. The summed E-state index contributed by atoms with van der Waals surface area (Å²) in [4.78, 5) is 30.6. The minimum atomic E-state index is -1.25. The molecule has 0 aromatic heterocycles. The molecule has 11 nitrogen and oxygen atoms in total. The molecule has 0 spiro atoms. The summed E-state index contributed by atoms with van der Waals surface area (Å²) in [6.45, 7) is 22.9. The van der Waals surface area contributed by atoms with Gasteiger partial charge in [0.05, 0.1) is 62.2 Å². The number of carboxylic acid groups (broad SMARTS) is 3. The zero-order chi connectivity index (χ0) is 30.3. The first-order valence-corrected chi connectivity index (χ1v) is 12.6. The molecule has 11 heteroatoms. The molecule has 4 N–H and O–H groups in total. The summed E-state index contributed by atoms with van der Waals surface area (Å²) in [5, 5.41) is 33.6. The summed E-state index contributed by atoms with van der Waals surface area (Å²) < 4.78 is 20.4. The molecule has 37 heavy (non-hydrogen) atoms. The Bertz CT molecular complexity index is 555. The van der Waals surface area contributed by atoms with Gasteiger partial charge in [0.1, 0.15) is 0 Å². The Balaban J connectivity index is -0.000000200. The van der Waals surface area contributed by atoms with Gasteiger partial charge in [0, 0.05) is 0 Å². The summed E-state index contributed by atoms with van der Waals surface area (Å²) >= 11 is 0. The molecule has 0 aliphatic rings. The van der Waals surface area contributed by atoms with Crippen molar-refractivity contribution < 1.29 is 53.8 Å². The van der Waals surface area contributed by atoms with E-state index < -0.39 is 30.4 Å². The second-order valence-corrected chi connectivity index (χ2v) is 9.61. The van der Waals surface area contributed by atoms with Crippen LogP contribution in [0, 0.1) is 0 Å². The van der Waals surface area contributed by atoms with Crippen molar-refractivity contribution in [1.82, 2.24) is 0 Å². The summed E-state index contributed by atoms with van der Waals surface area (Å²) in [5.41, 5.74) is 0. The fourth-order valence-corrected chi connectivity index (χ4v) is 2.49. The van der Waals surface area contributed by atoms with Crippen molar-refractivity contribution in [3.63, 3.8) is 0 Å². The van der Waals surface area contributed by atoms with Crippen LogP contribution in [0.4, 0.5) is 0 Å². The van der Waals surface area contributed by atoms with E-state index in [1.807, 2.05) is 62.3 Å². The average Bonchev–Trinajstić information content (AvgIpc) is 2.65. The normalized spacial score (nSPS) is 13.1. The smallest absolute Gasteiger partial charge is 0.333 e. The fourth-order valence-electron chi connectivity index (χ4n) is 2.49. The van der Waals surface area contributed by atoms with Crippen molar-refractivity contribution in [1.29, 1.82) is 0 Å². The molecule has 3 unspecified atom stereocenters. The van der Waals surface area contributed by atoms with Crippen LogP contribution in [-0.2, 0) is 33.3 Å². The van der Waals surface area contributed by atoms with Gasteiger partial charge in [-0.25, -0.2) is 4.79 Å². The van der Waals surface area contributed by atoms with Crippen molar-refractivity contribution in [3.05, 3.63) is 0 Å². The maximum Gasteiger partial charge on any atom is 0.333 e. The standard InChI is InChI=1S/C7H12O5.C7H14O3.C6H14O2.C6H14O/c1-4(2)12-5(7(10)11)3-6(8)9;1-5(2)10-6(3)4-7(8)9;1-5(2)8-6(3)4-7;1-5(2)7-6(3)4/h4-5H,3H2,1-2H3,(H,8,9)(H,10,11);5-6H,4H2,1-3H3,(H,8,9);5-7H,4H2,1-3H3;5-6H,1-4H3. The number of carbonyl (C=O) groups is 3. The highest BCUT2D eigenvalue weighted by Crippen LogP contribution is 2.03. The molecule has 224 valence electrons. The van der Waals surface area contributed by atoms with Crippen molar-refractivity contribution in [3.8, 4) is 0 Å². The second-order valence-electron chi connectivity index (χ2n) is 9.61. The molecule has 0 heterocycles. The Hall–Kier alpha value is -1.79. The molecular weight excluding hydrogens is 488 g/mol. The van der Waals surface area contributed by atoms with Crippen molar-refractivity contribution in [2.75, 3.05) is 6.61 Å². The molecule has 0 aliphatic heterocycles. The summed E-state index contributed by atoms with van der Waals surface area (Å²) in [6, 6.07) is 0. The number of aliphatic hydroxyl groups excluding tert-OH is 1. The summed E-state index contributed by atoms with van der Waals surface area (Å²) in [5.74, 6) is -3.23. The van der Waals surface area contributed by atoms with Gasteiger partial charge >= 0.3 is 17.9 Å². The number of aliphatic carboxylic acids is 3. The van der Waals surface area contributed by atoms with Gasteiger partial charge in [-0.05, 0) is 83.1 Å². The highest BCUT2D eigenvalue weighted by atomic mass is 16.5. The molecule has 0 saturated carbocycles. The van der Waals surface area contributed by atoms with Crippen LogP contribution in [0.1, 0.15) is 95.9 Å². The zero-order valence-corrected chi connectivity index (χ0v) is 24.9. The number of ether oxygens (including phenoxy) is 4. The van der Waals surface area contributed by atoms with Gasteiger partial charge in [-0.2, -0.15) is 0 Å². The van der Waals surface area contributed by atoms with Gasteiger partial charge < -0.3 is 39.4 Å². The van der Waals surface area contributed by atoms with Gasteiger partial charge in [-0.3, -0.25) is 9.59 Å². The van der Waals surface area contributed by atoms with E-state index in [1.165, 1.54) is 0 Å². The molecule has 0 bridgehead atoms. The molecule has 0 aliphatic carbocycles. The van der Waals surface area contributed by atoms with Crippen molar-refractivity contribution in [2.24, 2.45) is 0 Å². The molecule has 0 aromatic rings. The minimum absolute atomic E-state index is 0.0185. The largest absolute Gasteiger partial charge is 0.481 e. The first-order valence-electron chi connectivity index (χ1n) is 12.6. The Labute approximate surface area is 223 Å². The monoisotopic (exact) mass is 542 g/mol. The van der Waals surface area contributed by atoms with Crippen LogP contribution in [0.15, 0.2) is 0 Å². The topological polar surface area (TPSA) is 169 Å². The van der Waals surface area contributed by atoms with E-state index in [-0.39, 0.29) is 43.5 Å². The lowest BCUT2D eigenvalue weighted by molar-refractivity contribution is -0.159. The lowest BCUT2D eigenvalue weighted by Crippen LogP contribution is -2.29. The molecular formula is C26H54O11. The lowest BCUT2D eigenvalue weighted by Gasteiger charge is -2.13. The van der Waals surface area contributed by atoms with Crippen LogP contribution in [0.5, 0.6) is 0 Å². The predicted molar refractivity (Wildman–Crippen MR) is 142 cm³/mol. The fraction of sp³-hybridized carbons (Fsp3) is 0.885. The van der Waals surface area contributed by atoms with E-state index in [4.69, 9.17) is 39.4 Å². The molecule has 0 fully saturated rings. The van der Waals surface area contributed by atoms with Crippen LogP contribution in [0.25, 0.3) is 0 Å². The Morgan fingerprint density at radius 3 is 1.03 bits per heavy atom. The Morgan fingerprint density at radius 1 is 0.514 bits per heavy atom. The summed E-state index contributed by atoms with van der Waals surface area (Å²) in [6.07, 6.45) is -1.09. The SMILES string of the molecule is CC(C)OC(C)C.CC(C)OC(C)CC(=O)O.CC(C)OC(C)CO.CC(C)OC(CC(=O)O)C(=O)O. The summed E-state index contributed by atoms with van der Waals surface area (Å²) in [7, 11) is 0. The third-order valence-corrected chi connectivity index (χ3v) is 3.34. The number of hydrogen-bond acceptors (Lipinski definition) is 8. The molecule has 0 rings (SSSR count). The van der Waals surface area contributed by atoms with E-state index in [9.17, 15) is 14.4 Å². The van der Waals surface area contributed by atoms with Crippen LogP contribution < -0.4 is 0 Å². The first-order chi connectivity index (χ1) is 16.7. The molecule has 0 radical (unpaired) electrons. The van der Waals surface area contributed by atoms with Gasteiger partial charge in [0.25, 0.3) is 0 Å². The first kappa shape index (κ1) is 42.3. The predicted octanol–water partition coefficient (Wildman–Crippen LogP) is 4.23. The van der Waals surface area contributed by atoms with Crippen LogP contribution >= 0.6 is 0 Å². The van der Waals surface area contributed by atoms with E-state index in [0.717, 1.165) is 0 Å². The highest BCUT2D eigenvalue weighted by Gasteiger charge is 2.22. The number of aliphatic hydroxyl groups is 1. The van der Waals surface area contributed by atoms with E-state index >= 15 is 0 Å². The van der Waals surface area contributed by atoms with Crippen LogP contribution in [0.3, 0.4) is 0 Å². The second kappa shape index (κ2) is 25.8.